The van der Waals surface area contributed by atoms with Crippen LogP contribution in [0.2, 0.25) is 0 Å². The van der Waals surface area contributed by atoms with E-state index in [0.717, 1.165) is 0 Å². The largest absolute Gasteiger partial charge is 0.404 e. The molecule has 0 bridgehead atoms. The molecule has 0 aliphatic rings. The highest BCUT2D eigenvalue weighted by atomic mass is 15.3. The molecule has 0 aliphatic carbocycles. The summed E-state index contributed by atoms with van der Waals surface area (Å²) in [6.07, 6.45) is 6.05. The van der Waals surface area contributed by atoms with E-state index in [0.29, 0.717) is 5.82 Å². The first kappa shape index (κ1) is 6.54. The molecule has 4 heteroatoms. The number of hydrogen-bond acceptors (Lipinski definition) is 3. The SMILES string of the molecule is C=Cn1ncnc1/C=C\N. The lowest BCUT2D eigenvalue weighted by Crippen LogP contribution is -1.91. The van der Waals surface area contributed by atoms with Crippen molar-refractivity contribution >= 4 is 12.3 Å². The van der Waals surface area contributed by atoms with Gasteiger partial charge >= 0.3 is 0 Å². The van der Waals surface area contributed by atoms with Gasteiger partial charge in [-0.3, -0.25) is 0 Å². The summed E-state index contributed by atoms with van der Waals surface area (Å²) in [7, 11) is 0. The Morgan fingerprint density at radius 2 is 2.50 bits per heavy atom. The van der Waals surface area contributed by atoms with Gasteiger partial charge in [0.1, 0.15) is 6.33 Å². The molecule has 0 fully saturated rings. The minimum absolute atomic E-state index is 0.678. The van der Waals surface area contributed by atoms with Crippen molar-refractivity contribution in [2.24, 2.45) is 5.73 Å². The molecular formula is C6H8N4. The van der Waals surface area contributed by atoms with Gasteiger partial charge in [-0.05, 0) is 12.3 Å². The van der Waals surface area contributed by atoms with Gasteiger partial charge in [-0.1, -0.05) is 6.58 Å². The van der Waals surface area contributed by atoms with Crippen LogP contribution >= 0.6 is 0 Å². The molecule has 52 valence electrons. The molecule has 0 radical (unpaired) electrons. The lowest BCUT2D eigenvalue weighted by molar-refractivity contribution is 0.923. The van der Waals surface area contributed by atoms with Gasteiger partial charge in [0.2, 0.25) is 0 Å². The van der Waals surface area contributed by atoms with Crippen LogP contribution in [0.5, 0.6) is 0 Å². The normalized spacial score (nSPS) is 10.4. The van der Waals surface area contributed by atoms with E-state index in [4.69, 9.17) is 5.73 Å². The molecule has 0 atom stereocenters. The fourth-order valence-corrected chi connectivity index (χ4v) is 0.605. The zero-order valence-electron chi connectivity index (χ0n) is 5.44. The Morgan fingerprint density at radius 3 is 3.10 bits per heavy atom. The van der Waals surface area contributed by atoms with E-state index < -0.39 is 0 Å². The molecular weight excluding hydrogens is 128 g/mol. The van der Waals surface area contributed by atoms with Crippen molar-refractivity contribution in [1.82, 2.24) is 14.8 Å². The van der Waals surface area contributed by atoms with Crippen molar-refractivity contribution in [2.45, 2.75) is 0 Å². The fourth-order valence-electron chi connectivity index (χ4n) is 0.605. The average molecular weight is 136 g/mol. The van der Waals surface area contributed by atoms with E-state index in [1.807, 2.05) is 0 Å². The molecule has 4 nitrogen and oxygen atoms in total. The quantitative estimate of drug-likeness (QED) is 0.636. The third kappa shape index (κ3) is 1.05. The molecule has 0 spiro atoms. The summed E-state index contributed by atoms with van der Waals surface area (Å²) in [5, 5.41) is 3.83. The molecule has 0 aliphatic heterocycles. The number of rotatable bonds is 2. The monoisotopic (exact) mass is 136 g/mol. The van der Waals surface area contributed by atoms with Gasteiger partial charge in [0.15, 0.2) is 5.82 Å². The van der Waals surface area contributed by atoms with Crippen LogP contribution in [-0.4, -0.2) is 14.8 Å². The lowest BCUT2D eigenvalue weighted by atomic mass is 10.6. The van der Waals surface area contributed by atoms with Gasteiger partial charge in [-0.2, -0.15) is 5.10 Å². The zero-order chi connectivity index (χ0) is 7.40. The van der Waals surface area contributed by atoms with Crippen LogP contribution in [0.1, 0.15) is 5.82 Å². The van der Waals surface area contributed by atoms with E-state index in [1.165, 1.54) is 17.2 Å². The maximum absolute atomic E-state index is 5.15. The van der Waals surface area contributed by atoms with Gasteiger partial charge in [0, 0.05) is 6.20 Å². The summed E-state index contributed by atoms with van der Waals surface area (Å²) in [6, 6.07) is 0. The zero-order valence-corrected chi connectivity index (χ0v) is 5.44. The summed E-state index contributed by atoms with van der Waals surface area (Å²) in [5.41, 5.74) is 5.15. The molecule has 0 saturated heterocycles. The van der Waals surface area contributed by atoms with Crippen LogP contribution in [0.25, 0.3) is 12.3 Å². The first-order valence-electron chi connectivity index (χ1n) is 2.79. The Balaban J connectivity index is 3.00. The molecule has 10 heavy (non-hydrogen) atoms. The van der Waals surface area contributed by atoms with Crippen LogP contribution in [0, 0.1) is 0 Å². The van der Waals surface area contributed by atoms with Gasteiger partial charge in [-0.25, -0.2) is 9.67 Å². The molecule has 2 N–H and O–H groups in total. The van der Waals surface area contributed by atoms with Crippen LogP contribution in [-0.2, 0) is 0 Å². The topological polar surface area (TPSA) is 56.7 Å². The Bertz CT molecular complexity index is 248. The van der Waals surface area contributed by atoms with Crippen molar-refractivity contribution in [1.29, 1.82) is 0 Å². The average Bonchev–Trinajstić information content (AvgIpc) is 2.36. The highest BCUT2D eigenvalue weighted by Crippen LogP contribution is 1.94. The van der Waals surface area contributed by atoms with Crippen LogP contribution in [0.15, 0.2) is 19.1 Å². The summed E-state index contributed by atoms with van der Waals surface area (Å²) in [5.74, 6) is 0.678. The van der Waals surface area contributed by atoms with Crippen molar-refractivity contribution in [3.63, 3.8) is 0 Å². The molecule has 1 aromatic heterocycles. The number of nitrogens with zero attached hydrogens (tertiary/aromatic N) is 3. The van der Waals surface area contributed by atoms with Crippen LogP contribution in [0.3, 0.4) is 0 Å². The number of aromatic nitrogens is 3. The second-order valence-electron chi connectivity index (χ2n) is 1.60. The summed E-state index contributed by atoms with van der Waals surface area (Å²) >= 11 is 0. The lowest BCUT2D eigenvalue weighted by Gasteiger charge is -1.89. The predicted octanol–water partition coefficient (Wildman–Crippen LogP) is 0.308. The molecule has 1 aromatic rings. The predicted molar refractivity (Wildman–Crippen MR) is 39.6 cm³/mol. The minimum atomic E-state index is 0.678. The van der Waals surface area contributed by atoms with Gasteiger partial charge in [0.05, 0.1) is 0 Å². The Kier molecular flexibility index (Phi) is 1.84. The highest BCUT2D eigenvalue weighted by molar-refractivity contribution is 5.41. The summed E-state index contributed by atoms with van der Waals surface area (Å²) in [4.78, 5) is 3.89. The number of hydrogen-bond donors (Lipinski definition) is 1. The summed E-state index contributed by atoms with van der Waals surface area (Å²) < 4.78 is 1.53. The standard InChI is InChI=1S/C6H8N4/c1-2-10-6(3-4-7)8-5-9-10/h2-5H,1,7H2/b4-3-. The number of nitrogens with two attached hydrogens (primary N) is 1. The van der Waals surface area contributed by atoms with Crippen molar-refractivity contribution in [2.75, 3.05) is 0 Å². The Morgan fingerprint density at radius 1 is 1.70 bits per heavy atom. The Labute approximate surface area is 58.7 Å². The first-order chi connectivity index (χ1) is 4.88. The Hall–Kier alpha value is -1.58. The first-order valence-corrected chi connectivity index (χ1v) is 2.79. The molecule has 0 aromatic carbocycles. The molecule has 0 saturated carbocycles. The van der Waals surface area contributed by atoms with E-state index in [1.54, 1.807) is 12.3 Å². The third-order valence-corrected chi connectivity index (χ3v) is 1.02. The van der Waals surface area contributed by atoms with Crippen LogP contribution < -0.4 is 5.73 Å². The molecule has 1 heterocycles. The van der Waals surface area contributed by atoms with Crippen molar-refractivity contribution in [3.8, 4) is 0 Å². The van der Waals surface area contributed by atoms with E-state index >= 15 is 0 Å². The molecule has 1 rings (SSSR count). The second kappa shape index (κ2) is 2.82. The van der Waals surface area contributed by atoms with E-state index in [9.17, 15) is 0 Å². The van der Waals surface area contributed by atoms with Crippen molar-refractivity contribution in [3.05, 3.63) is 24.9 Å². The second-order valence-corrected chi connectivity index (χ2v) is 1.60. The third-order valence-electron chi connectivity index (χ3n) is 1.02. The van der Waals surface area contributed by atoms with E-state index in [2.05, 4.69) is 16.7 Å². The molecule has 0 unspecified atom stereocenters. The maximum atomic E-state index is 5.15. The maximum Gasteiger partial charge on any atom is 0.156 e. The van der Waals surface area contributed by atoms with Crippen molar-refractivity contribution < 1.29 is 0 Å². The minimum Gasteiger partial charge on any atom is -0.404 e. The highest BCUT2D eigenvalue weighted by Gasteiger charge is 1.92. The smallest absolute Gasteiger partial charge is 0.156 e. The van der Waals surface area contributed by atoms with E-state index in [-0.39, 0.29) is 0 Å². The molecule has 0 amide bonds. The fraction of sp³-hybridized carbons (Fsp3) is 0. The van der Waals surface area contributed by atoms with Gasteiger partial charge in [-0.15, -0.1) is 0 Å². The van der Waals surface area contributed by atoms with Crippen LogP contribution in [0.4, 0.5) is 0 Å². The van der Waals surface area contributed by atoms with Gasteiger partial charge in [0.25, 0.3) is 0 Å². The van der Waals surface area contributed by atoms with Gasteiger partial charge < -0.3 is 5.73 Å². The summed E-state index contributed by atoms with van der Waals surface area (Å²) in [6.45, 7) is 3.53.